The largest absolute Gasteiger partial charge is 0.411 e. The monoisotopic (exact) mass is 390 g/mol. The van der Waals surface area contributed by atoms with Crippen LogP contribution in [0, 0.1) is 13.8 Å². The maximum absolute atomic E-state index is 12.2. The first-order valence-electron chi connectivity index (χ1n) is 8.64. The molecule has 0 radical (unpaired) electrons. The highest BCUT2D eigenvalue weighted by atomic mass is 32.2. The van der Waals surface area contributed by atoms with Gasteiger partial charge in [-0.1, -0.05) is 17.8 Å². The molecule has 0 spiro atoms. The lowest BCUT2D eigenvalue weighted by Gasteiger charge is -2.23. The zero-order valence-electron chi connectivity index (χ0n) is 16.6. The average Bonchev–Trinajstić information content (AvgIpc) is 3.02. The Morgan fingerprint density at radius 3 is 2.52 bits per heavy atom. The van der Waals surface area contributed by atoms with Gasteiger partial charge in [0.1, 0.15) is 0 Å². The van der Waals surface area contributed by atoms with Crippen molar-refractivity contribution < 1.29 is 14.0 Å². The number of rotatable bonds is 6. The van der Waals surface area contributed by atoms with E-state index in [1.807, 2.05) is 52.8 Å². The second kappa shape index (κ2) is 8.56. The van der Waals surface area contributed by atoms with Gasteiger partial charge in [-0.15, -0.1) is 10.2 Å². The number of nitrogens with zero attached hydrogens (tertiary/aromatic N) is 3. The number of carbonyl (C=O) groups is 2. The van der Waals surface area contributed by atoms with Gasteiger partial charge in [0.2, 0.25) is 17.7 Å². The van der Waals surface area contributed by atoms with Crippen molar-refractivity contribution in [1.29, 1.82) is 0 Å². The zero-order valence-corrected chi connectivity index (χ0v) is 17.4. The number of hydrogen-bond donors (Lipinski definition) is 1. The highest BCUT2D eigenvalue weighted by Gasteiger charge is 2.19. The molecule has 2 aromatic rings. The van der Waals surface area contributed by atoms with Gasteiger partial charge in [0.05, 0.1) is 12.3 Å². The van der Waals surface area contributed by atoms with E-state index in [0.29, 0.717) is 11.1 Å². The quantitative estimate of drug-likeness (QED) is 0.763. The molecule has 146 valence electrons. The van der Waals surface area contributed by atoms with Crippen LogP contribution in [0.2, 0.25) is 0 Å². The van der Waals surface area contributed by atoms with E-state index in [1.165, 1.54) is 10.5 Å². The Balaban J connectivity index is 1.89. The molecule has 2 rings (SSSR count). The number of amides is 2. The van der Waals surface area contributed by atoms with Gasteiger partial charge >= 0.3 is 0 Å². The summed E-state index contributed by atoms with van der Waals surface area (Å²) in [6.45, 7) is 9.75. The van der Waals surface area contributed by atoms with Crippen molar-refractivity contribution in [3.63, 3.8) is 0 Å². The molecule has 8 heteroatoms. The van der Waals surface area contributed by atoms with Crippen molar-refractivity contribution >= 4 is 23.6 Å². The molecule has 0 aliphatic carbocycles. The lowest BCUT2D eigenvalue weighted by molar-refractivity contribution is -0.133. The van der Waals surface area contributed by atoms with Gasteiger partial charge < -0.3 is 14.6 Å². The Labute approximate surface area is 163 Å². The number of aryl methyl sites for hydroxylation is 2. The van der Waals surface area contributed by atoms with E-state index in [1.54, 1.807) is 7.05 Å². The fourth-order valence-electron chi connectivity index (χ4n) is 2.25. The van der Waals surface area contributed by atoms with E-state index in [4.69, 9.17) is 4.42 Å². The minimum absolute atomic E-state index is 0.00832. The van der Waals surface area contributed by atoms with Gasteiger partial charge in [-0.05, 0) is 57.9 Å². The Hall–Kier alpha value is -2.35. The second-order valence-corrected chi connectivity index (χ2v) is 8.44. The number of likely N-dealkylation sites (N-methyl/N-ethyl adjacent to an activating group) is 1. The summed E-state index contributed by atoms with van der Waals surface area (Å²) in [5.74, 6) is 0.160. The normalized spacial score (nSPS) is 11.3. The number of aromatic nitrogens is 2. The van der Waals surface area contributed by atoms with Crippen molar-refractivity contribution in [2.45, 2.75) is 45.4 Å². The first-order valence-corrected chi connectivity index (χ1v) is 9.62. The Bertz CT molecular complexity index is 827. The number of thioether (sulfide) groups is 1. The maximum atomic E-state index is 12.2. The summed E-state index contributed by atoms with van der Waals surface area (Å²) in [4.78, 5) is 25.5. The fraction of sp³-hybridized carbons (Fsp3) is 0.474. The van der Waals surface area contributed by atoms with E-state index in [-0.39, 0.29) is 29.7 Å². The third-order valence-corrected chi connectivity index (χ3v) is 4.60. The smallest absolute Gasteiger partial charge is 0.277 e. The summed E-state index contributed by atoms with van der Waals surface area (Å²) in [6, 6.07) is 5.92. The molecule has 1 heterocycles. The molecule has 0 saturated heterocycles. The molecule has 0 bridgehead atoms. The summed E-state index contributed by atoms with van der Waals surface area (Å²) in [7, 11) is 1.60. The zero-order chi connectivity index (χ0) is 20.2. The fourth-order valence-corrected chi connectivity index (χ4v) is 2.96. The van der Waals surface area contributed by atoms with Crippen LogP contribution in [-0.2, 0) is 9.59 Å². The Kier molecular flexibility index (Phi) is 6.64. The average molecular weight is 391 g/mol. The molecular weight excluding hydrogens is 364 g/mol. The standard InChI is InChI=1S/C19H26N4O3S/c1-12-7-8-14(9-13(12)2)17-21-22-18(26-17)27-11-16(25)23(6)10-15(24)20-19(3,4)5/h7-9H,10-11H2,1-6H3,(H,20,24). The minimum atomic E-state index is -0.329. The van der Waals surface area contributed by atoms with E-state index < -0.39 is 0 Å². The van der Waals surface area contributed by atoms with Gasteiger partial charge in [-0.2, -0.15) is 0 Å². The van der Waals surface area contributed by atoms with Crippen molar-refractivity contribution in [1.82, 2.24) is 20.4 Å². The molecule has 0 fully saturated rings. The van der Waals surface area contributed by atoms with Crippen LogP contribution in [0.25, 0.3) is 11.5 Å². The van der Waals surface area contributed by atoms with Gasteiger partial charge in [-0.25, -0.2) is 0 Å². The van der Waals surface area contributed by atoms with Crippen LogP contribution in [-0.4, -0.2) is 51.8 Å². The highest BCUT2D eigenvalue weighted by molar-refractivity contribution is 7.99. The predicted octanol–water partition coefficient (Wildman–Crippen LogP) is 2.82. The molecule has 0 aliphatic heterocycles. The second-order valence-electron chi connectivity index (χ2n) is 7.51. The topological polar surface area (TPSA) is 88.3 Å². The molecule has 1 aromatic heterocycles. The van der Waals surface area contributed by atoms with Crippen molar-refractivity contribution in [2.75, 3.05) is 19.3 Å². The van der Waals surface area contributed by atoms with Gasteiger partial charge in [0.25, 0.3) is 5.22 Å². The number of hydrogen-bond acceptors (Lipinski definition) is 6. The van der Waals surface area contributed by atoms with Crippen LogP contribution in [0.15, 0.2) is 27.8 Å². The number of nitrogens with one attached hydrogen (secondary N) is 1. The van der Waals surface area contributed by atoms with Gasteiger partial charge in [0.15, 0.2) is 0 Å². The lowest BCUT2D eigenvalue weighted by atomic mass is 10.1. The van der Waals surface area contributed by atoms with Crippen LogP contribution in [0.1, 0.15) is 31.9 Å². The first-order chi connectivity index (χ1) is 12.5. The van der Waals surface area contributed by atoms with Crippen molar-refractivity contribution in [2.24, 2.45) is 0 Å². The van der Waals surface area contributed by atoms with Crippen LogP contribution < -0.4 is 5.32 Å². The van der Waals surface area contributed by atoms with Crippen LogP contribution in [0.3, 0.4) is 0 Å². The lowest BCUT2D eigenvalue weighted by Crippen LogP contribution is -2.46. The highest BCUT2D eigenvalue weighted by Crippen LogP contribution is 2.24. The predicted molar refractivity (Wildman–Crippen MR) is 105 cm³/mol. The van der Waals surface area contributed by atoms with Crippen molar-refractivity contribution in [3.8, 4) is 11.5 Å². The number of carbonyl (C=O) groups excluding carboxylic acids is 2. The molecule has 2 amide bonds. The summed E-state index contributed by atoms with van der Waals surface area (Å²) < 4.78 is 5.63. The molecule has 0 aliphatic rings. The molecular formula is C19H26N4O3S. The molecule has 0 unspecified atom stereocenters. The van der Waals surface area contributed by atoms with E-state index in [2.05, 4.69) is 15.5 Å². The molecule has 7 nitrogen and oxygen atoms in total. The summed E-state index contributed by atoms with van der Waals surface area (Å²) in [5.41, 5.74) is 2.85. The first kappa shape index (κ1) is 21.0. The Morgan fingerprint density at radius 1 is 1.19 bits per heavy atom. The van der Waals surface area contributed by atoms with E-state index in [0.717, 1.165) is 22.9 Å². The summed E-state index contributed by atoms with van der Waals surface area (Å²) >= 11 is 1.16. The third-order valence-electron chi connectivity index (χ3n) is 3.80. The van der Waals surface area contributed by atoms with E-state index in [9.17, 15) is 9.59 Å². The third kappa shape index (κ3) is 6.39. The van der Waals surface area contributed by atoms with E-state index >= 15 is 0 Å². The summed E-state index contributed by atoms with van der Waals surface area (Å²) in [5, 5.41) is 11.2. The molecule has 0 atom stereocenters. The number of benzene rings is 1. The van der Waals surface area contributed by atoms with Gasteiger partial charge in [-0.3, -0.25) is 9.59 Å². The van der Waals surface area contributed by atoms with Crippen LogP contribution >= 0.6 is 11.8 Å². The Morgan fingerprint density at radius 2 is 1.89 bits per heavy atom. The van der Waals surface area contributed by atoms with Crippen molar-refractivity contribution in [3.05, 3.63) is 29.3 Å². The molecule has 27 heavy (non-hydrogen) atoms. The maximum Gasteiger partial charge on any atom is 0.277 e. The molecule has 1 N–H and O–H groups in total. The SMILES string of the molecule is Cc1ccc(-c2nnc(SCC(=O)N(C)CC(=O)NC(C)(C)C)o2)cc1C. The van der Waals surface area contributed by atoms with Crippen LogP contribution in [0.5, 0.6) is 0 Å². The molecule has 0 saturated carbocycles. The minimum Gasteiger partial charge on any atom is -0.411 e. The van der Waals surface area contributed by atoms with Gasteiger partial charge in [0, 0.05) is 18.2 Å². The molecule has 1 aromatic carbocycles. The van der Waals surface area contributed by atoms with Crippen LogP contribution in [0.4, 0.5) is 0 Å². The summed E-state index contributed by atoms with van der Waals surface area (Å²) in [6.07, 6.45) is 0.